The summed E-state index contributed by atoms with van der Waals surface area (Å²) >= 11 is 3.42. The second kappa shape index (κ2) is 7.76. The molecule has 0 saturated heterocycles. The molecule has 0 aliphatic rings. The van der Waals surface area contributed by atoms with E-state index in [-0.39, 0.29) is 6.10 Å². The van der Waals surface area contributed by atoms with E-state index in [1.54, 1.807) is 17.2 Å². The first-order chi connectivity index (χ1) is 9.79. The summed E-state index contributed by atoms with van der Waals surface area (Å²) in [5, 5.41) is 7.76. The van der Waals surface area contributed by atoms with Crippen molar-refractivity contribution < 1.29 is 9.57 Å². The minimum Gasteiger partial charge on any atom is -0.399 e. The largest absolute Gasteiger partial charge is 0.399 e. The highest BCUT2D eigenvalue weighted by atomic mass is 79.9. The van der Waals surface area contributed by atoms with Gasteiger partial charge in [-0.25, -0.2) is 4.98 Å². The normalized spacial score (nSPS) is 12.7. The molecule has 1 heterocycles. The first kappa shape index (κ1) is 14.7. The quantitative estimate of drug-likeness (QED) is 0.574. The van der Waals surface area contributed by atoms with Crippen molar-refractivity contribution >= 4 is 22.1 Å². The standard InChI is InChI=1S/C13H15BrN4O2/c1-19-17-6-7-20-13(8-18-10-15-9-16-18)11-2-4-12(14)5-3-11/h2-6,9-10,13H,7-8H2,1H3. The fraction of sp³-hybridized carbons (Fsp3) is 0.308. The van der Waals surface area contributed by atoms with Crippen LogP contribution in [0.4, 0.5) is 0 Å². The molecule has 0 radical (unpaired) electrons. The molecule has 20 heavy (non-hydrogen) atoms. The maximum absolute atomic E-state index is 5.81. The molecule has 0 saturated carbocycles. The molecule has 1 atom stereocenters. The summed E-state index contributed by atoms with van der Waals surface area (Å²) in [6.07, 6.45) is 4.62. The van der Waals surface area contributed by atoms with Gasteiger partial charge in [0, 0.05) is 4.47 Å². The zero-order chi connectivity index (χ0) is 14.2. The highest BCUT2D eigenvalue weighted by Crippen LogP contribution is 2.21. The Labute approximate surface area is 125 Å². The molecule has 1 unspecified atom stereocenters. The Bertz CT molecular complexity index is 528. The zero-order valence-electron chi connectivity index (χ0n) is 11.0. The Balaban J connectivity index is 2.06. The van der Waals surface area contributed by atoms with Crippen LogP contribution in [-0.4, -0.2) is 34.7 Å². The third-order valence-corrected chi connectivity index (χ3v) is 3.14. The fourth-order valence-electron chi connectivity index (χ4n) is 1.69. The Hall–Kier alpha value is -1.73. The lowest BCUT2D eigenvalue weighted by Crippen LogP contribution is -2.14. The van der Waals surface area contributed by atoms with Crippen LogP contribution in [0.5, 0.6) is 0 Å². The van der Waals surface area contributed by atoms with Crippen molar-refractivity contribution in [3.05, 3.63) is 47.0 Å². The second-order valence-electron chi connectivity index (χ2n) is 3.96. The van der Waals surface area contributed by atoms with Gasteiger partial charge in [0.1, 0.15) is 25.9 Å². The number of halogens is 1. The van der Waals surface area contributed by atoms with Crippen LogP contribution >= 0.6 is 15.9 Å². The van der Waals surface area contributed by atoms with Crippen molar-refractivity contribution in [3.63, 3.8) is 0 Å². The van der Waals surface area contributed by atoms with Crippen molar-refractivity contribution in [1.82, 2.24) is 14.8 Å². The minimum atomic E-state index is -0.131. The van der Waals surface area contributed by atoms with Gasteiger partial charge in [0.05, 0.1) is 19.4 Å². The van der Waals surface area contributed by atoms with Gasteiger partial charge in [-0.1, -0.05) is 33.2 Å². The smallest absolute Gasteiger partial charge is 0.137 e. The Morgan fingerprint density at radius 1 is 1.40 bits per heavy atom. The van der Waals surface area contributed by atoms with Crippen molar-refractivity contribution in [2.45, 2.75) is 12.6 Å². The molecule has 1 aromatic carbocycles. The lowest BCUT2D eigenvalue weighted by atomic mass is 10.1. The first-order valence-electron chi connectivity index (χ1n) is 6.04. The van der Waals surface area contributed by atoms with Crippen molar-refractivity contribution in [3.8, 4) is 0 Å². The highest BCUT2D eigenvalue weighted by molar-refractivity contribution is 9.10. The van der Waals surface area contributed by atoms with Gasteiger partial charge >= 0.3 is 0 Å². The van der Waals surface area contributed by atoms with E-state index in [2.05, 4.69) is 36.0 Å². The van der Waals surface area contributed by atoms with Crippen LogP contribution in [0.2, 0.25) is 0 Å². The third-order valence-electron chi connectivity index (χ3n) is 2.61. The van der Waals surface area contributed by atoms with Crippen LogP contribution in [-0.2, 0) is 16.1 Å². The molecule has 6 nitrogen and oxygen atoms in total. The number of hydrogen-bond acceptors (Lipinski definition) is 5. The number of ether oxygens (including phenoxy) is 1. The number of aromatic nitrogens is 3. The summed E-state index contributed by atoms with van der Waals surface area (Å²) < 4.78 is 8.58. The van der Waals surface area contributed by atoms with Gasteiger partial charge < -0.3 is 9.57 Å². The van der Waals surface area contributed by atoms with E-state index < -0.39 is 0 Å². The van der Waals surface area contributed by atoms with Gasteiger partial charge in [-0.15, -0.1) is 0 Å². The molecule has 7 heteroatoms. The second-order valence-corrected chi connectivity index (χ2v) is 4.88. The van der Waals surface area contributed by atoms with Gasteiger partial charge in [-0.3, -0.25) is 4.68 Å². The number of nitrogens with zero attached hydrogens (tertiary/aromatic N) is 4. The molecule has 0 N–H and O–H groups in total. The molecule has 0 aliphatic carbocycles. The zero-order valence-corrected chi connectivity index (χ0v) is 12.6. The van der Waals surface area contributed by atoms with E-state index >= 15 is 0 Å². The average Bonchev–Trinajstić information content (AvgIpc) is 2.96. The number of rotatable bonds is 7. The van der Waals surface area contributed by atoms with E-state index in [1.807, 2.05) is 24.3 Å². The van der Waals surface area contributed by atoms with E-state index in [9.17, 15) is 0 Å². The Morgan fingerprint density at radius 3 is 2.85 bits per heavy atom. The number of benzene rings is 1. The molecule has 0 fully saturated rings. The molecule has 2 aromatic rings. The number of oxime groups is 1. The van der Waals surface area contributed by atoms with Crippen molar-refractivity contribution in [1.29, 1.82) is 0 Å². The average molecular weight is 339 g/mol. The van der Waals surface area contributed by atoms with Gasteiger partial charge in [-0.05, 0) is 17.7 Å². The van der Waals surface area contributed by atoms with Crippen LogP contribution < -0.4 is 0 Å². The van der Waals surface area contributed by atoms with Gasteiger partial charge in [-0.2, -0.15) is 5.10 Å². The summed E-state index contributed by atoms with van der Waals surface area (Å²) in [7, 11) is 1.50. The number of hydrogen-bond donors (Lipinski definition) is 0. The van der Waals surface area contributed by atoms with Crippen molar-refractivity contribution in [2.75, 3.05) is 13.7 Å². The van der Waals surface area contributed by atoms with E-state index in [1.165, 1.54) is 13.4 Å². The van der Waals surface area contributed by atoms with Gasteiger partial charge in [0.25, 0.3) is 0 Å². The van der Waals surface area contributed by atoms with Gasteiger partial charge in [0.15, 0.2) is 0 Å². The lowest BCUT2D eigenvalue weighted by Gasteiger charge is -2.17. The molecule has 0 aliphatic heterocycles. The van der Waals surface area contributed by atoms with E-state index in [0.29, 0.717) is 13.2 Å². The molecular formula is C13H15BrN4O2. The van der Waals surface area contributed by atoms with Crippen molar-refractivity contribution in [2.24, 2.45) is 5.16 Å². The van der Waals surface area contributed by atoms with Gasteiger partial charge in [0.2, 0.25) is 0 Å². The van der Waals surface area contributed by atoms with Crippen LogP contribution in [0.3, 0.4) is 0 Å². The topological polar surface area (TPSA) is 61.5 Å². The molecule has 1 aromatic heterocycles. The third kappa shape index (κ3) is 4.43. The summed E-state index contributed by atoms with van der Waals surface area (Å²) in [6.45, 7) is 0.950. The summed E-state index contributed by atoms with van der Waals surface area (Å²) in [5.41, 5.74) is 1.06. The van der Waals surface area contributed by atoms with Crippen LogP contribution in [0, 0.1) is 0 Å². The minimum absolute atomic E-state index is 0.131. The monoisotopic (exact) mass is 338 g/mol. The van der Waals surface area contributed by atoms with Crippen LogP contribution in [0.1, 0.15) is 11.7 Å². The molecule has 0 spiro atoms. The lowest BCUT2D eigenvalue weighted by molar-refractivity contribution is 0.0647. The fourth-order valence-corrected chi connectivity index (χ4v) is 1.96. The maximum atomic E-state index is 5.81. The Morgan fingerprint density at radius 2 is 2.20 bits per heavy atom. The summed E-state index contributed by atoms with van der Waals surface area (Å²) in [5.74, 6) is 0. The van der Waals surface area contributed by atoms with Crippen LogP contribution in [0.25, 0.3) is 0 Å². The molecule has 2 rings (SSSR count). The highest BCUT2D eigenvalue weighted by Gasteiger charge is 2.13. The van der Waals surface area contributed by atoms with Crippen LogP contribution in [0.15, 0.2) is 46.5 Å². The molecular weight excluding hydrogens is 324 g/mol. The predicted octanol–water partition coefficient (Wildman–Crippen LogP) is 2.43. The predicted molar refractivity (Wildman–Crippen MR) is 78.4 cm³/mol. The molecule has 0 bridgehead atoms. The SMILES string of the molecule is CON=CCOC(Cn1cncn1)c1ccc(Br)cc1. The summed E-state index contributed by atoms with van der Waals surface area (Å²) in [4.78, 5) is 8.54. The summed E-state index contributed by atoms with van der Waals surface area (Å²) in [6, 6.07) is 7.99. The maximum Gasteiger partial charge on any atom is 0.137 e. The van der Waals surface area contributed by atoms with E-state index in [4.69, 9.17) is 4.74 Å². The molecule has 0 amide bonds. The Kier molecular flexibility index (Phi) is 5.69. The first-order valence-corrected chi connectivity index (χ1v) is 6.83. The molecule has 106 valence electrons. The van der Waals surface area contributed by atoms with E-state index in [0.717, 1.165) is 10.0 Å².